The predicted octanol–water partition coefficient (Wildman–Crippen LogP) is 6.00. The van der Waals surface area contributed by atoms with Crippen LogP contribution >= 0.6 is 11.3 Å². The maximum Gasteiger partial charge on any atom is 0.573 e. The topological polar surface area (TPSA) is 38.3 Å². The minimum absolute atomic E-state index is 0.265. The molecule has 0 saturated carbocycles. The van der Waals surface area contributed by atoms with Gasteiger partial charge in [-0.15, -0.1) is 24.5 Å². The van der Waals surface area contributed by atoms with Crippen LogP contribution in [-0.4, -0.2) is 12.3 Å². The van der Waals surface area contributed by atoms with Crippen LogP contribution in [0.5, 0.6) is 5.75 Å². The third kappa shape index (κ3) is 4.16. The number of alkyl halides is 3. The zero-order valence-corrected chi connectivity index (χ0v) is 14.7. The van der Waals surface area contributed by atoms with E-state index in [1.165, 1.54) is 35.6 Å². The summed E-state index contributed by atoms with van der Waals surface area (Å²) in [6.07, 6.45) is -3.05. The summed E-state index contributed by atoms with van der Waals surface area (Å²) in [6, 6.07) is 12.9. The van der Waals surface area contributed by atoms with Gasteiger partial charge in [0.25, 0.3) is 5.91 Å². The van der Waals surface area contributed by atoms with Gasteiger partial charge in [0.05, 0.1) is 4.88 Å². The summed E-state index contributed by atoms with van der Waals surface area (Å²) in [6.45, 7) is 2.05. The standard InChI is InChI=1S/C19H16F3NO2S/c1-2-5-15-14-6-3-4-7-16(14)26-17(15)18(24)23-12-8-10-13(11-9-12)25-19(20,21)22/h3-4,6-11H,2,5H2,1H3,(H,23,24). The zero-order valence-electron chi connectivity index (χ0n) is 13.9. The minimum Gasteiger partial charge on any atom is -0.406 e. The van der Waals surface area contributed by atoms with E-state index < -0.39 is 6.36 Å². The summed E-state index contributed by atoms with van der Waals surface area (Å²) >= 11 is 1.42. The molecule has 26 heavy (non-hydrogen) atoms. The average molecular weight is 379 g/mol. The van der Waals surface area contributed by atoms with E-state index in [0.29, 0.717) is 10.6 Å². The molecule has 0 fully saturated rings. The predicted molar refractivity (Wildman–Crippen MR) is 96.9 cm³/mol. The Bertz CT molecular complexity index is 917. The summed E-state index contributed by atoms with van der Waals surface area (Å²) in [5.74, 6) is -0.594. The first-order valence-corrected chi connectivity index (χ1v) is 8.86. The first kappa shape index (κ1) is 18.3. The largest absolute Gasteiger partial charge is 0.573 e. The van der Waals surface area contributed by atoms with Crippen LogP contribution in [0.4, 0.5) is 18.9 Å². The average Bonchev–Trinajstić information content (AvgIpc) is 2.95. The van der Waals surface area contributed by atoms with E-state index in [1.54, 1.807) is 0 Å². The smallest absolute Gasteiger partial charge is 0.406 e. The molecule has 0 spiro atoms. The second-order valence-electron chi connectivity index (χ2n) is 5.68. The maximum absolute atomic E-state index is 12.7. The van der Waals surface area contributed by atoms with E-state index >= 15 is 0 Å². The van der Waals surface area contributed by atoms with Gasteiger partial charge in [-0.25, -0.2) is 0 Å². The molecular weight excluding hydrogens is 363 g/mol. The van der Waals surface area contributed by atoms with E-state index in [-0.39, 0.29) is 11.7 Å². The van der Waals surface area contributed by atoms with Crippen LogP contribution in [0, 0.1) is 0 Å². The molecule has 3 rings (SSSR count). The third-order valence-corrected chi connectivity index (χ3v) is 4.96. The summed E-state index contributed by atoms with van der Waals surface area (Å²) in [5.41, 5.74) is 1.41. The summed E-state index contributed by atoms with van der Waals surface area (Å²) < 4.78 is 41.5. The van der Waals surface area contributed by atoms with Crippen molar-refractivity contribution in [2.24, 2.45) is 0 Å². The Hall–Kier alpha value is -2.54. The number of nitrogens with one attached hydrogen (secondary N) is 1. The molecule has 0 atom stereocenters. The highest BCUT2D eigenvalue weighted by Gasteiger charge is 2.31. The normalized spacial score (nSPS) is 11.5. The number of fused-ring (bicyclic) bond motifs is 1. The second-order valence-corrected chi connectivity index (χ2v) is 6.73. The van der Waals surface area contributed by atoms with Crippen LogP contribution in [0.3, 0.4) is 0 Å². The van der Waals surface area contributed by atoms with Crippen LogP contribution < -0.4 is 10.1 Å². The molecule has 0 radical (unpaired) electrons. The zero-order chi connectivity index (χ0) is 18.7. The van der Waals surface area contributed by atoms with E-state index in [1.807, 2.05) is 31.2 Å². The van der Waals surface area contributed by atoms with Crippen LogP contribution in [-0.2, 0) is 6.42 Å². The van der Waals surface area contributed by atoms with Crippen LogP contribution in [0.25, 0.3) is 10.1 Å². The quantitative estimate of drug-likeness (QED) is 0.590. The van der Waals surface area contributed by atoms with Crippen molar-refractivity contribution in [3.8, 4) is 5.75 Å². The van der Waals surface area contributed by atoms with Gasteiger partial charge in [0.15, 0.2) is 0 Å². The van der Waals surface area contributed by atoms with Gasteiger partial charge in [-0.1, -0.05) is 31.5 Å². The Morgan fingerprint density at radius 1 is 1.12 bits per heavy atom. The van der Waals surface area contributed by atoms with E-state index in [9.17, 15) is 18.0 Å². The van der Waals surface area contributed by atoms with Gasteiger partial charge < -0.3 is 10.1 Å². The van der Waals surface area contributed by atoms with Gasteiger partial charge in [0.2, 0.25) is 0 Å². The van der Waals surface area contributed by atoms with E-state index in [2.05, 4.69) is 10.1 Å². The number of benzene rings is 2. The van der Waals surface area contributed by atoms with Gasteiger partial charge in [-0.05, 0) is 47.7 Å². The molecule has 0 unspecified atom stereocenters. The number of hydrogen-bond donors (Lipinski definition) is 1. The number of hydrogen-bond acceptors (Lipinski definition) is 3. The van der Waals surface area contributed by atoms with Crippen molar-refractivity contribution >= 4 is 33.0 Å². The number of ether oxygens (including phenoxy) is 1. The number of amides is 1. The van der Waals surface area contributed by atoms with Crippen LogP contribution in [0.2, 0.25) is 0 Å². The van der Waals surface area contributed by atoms with E-state index in [4.69, 9.17) is 0 Å². The SMILES string of the molecule is CCCc1c(C(=O)Nc2ccc(OC(F)(F)F)cc2)sc2ccccc12. The number of rotatable bonds is 5. The van der Waals surface area contributed by atoms with E-state index in [0.717, 1.165) is 28.5 Å². The highest BCUT2D eigenvalue weighted by Crippen LogP contribution is 2.33. The molecule has 0 bridgehead atoms. The van der Waals surface area contributed by atoms with Gasteiger partial charge in [-0.2, -0.15) is 0 Å². The van der Waals surface area contributed by atoms with Crippen molar-refractivity contribution in [3.05, 3.63) is 59.0 Å². The van der Waals surface area contributed by atoms with Crippen molar-refractivity contribution < 1.29 is 22.7 Å². The first-order valence-electron chi connectivity index (χ1n) is 8.05. The fourth-order valence-corrected chi connectivity index (χ4v) is 3.85. The molecule has 0 aliphatic rings. The molecule has 1 N–H and O–H groups in total. The monoisotopic (exact) mass is 379 g/mol. The van der Waals surface area contributed by atoms with Gasteiger partial charge >= 0.3 is 6.36 Å². The third-order valence-electron chi connectivity index (χ3n) is 3.75. The second kappa shape index (κ2) is 7.37. The fourth-order valence-electron chi connectivity index (χ4n) is 2.71. The number of thiophene rings is 1. The van der Waals surface area contributed by atoms with Gasteiger partial charge in [0.1, 0.15) is 5.75 Å². The highest BCUT2D eigenvalue weighted by atomic mass is 32.1. The van der Waals surface area contributed by atoms with Crippen LogP contribution in [0.1, 0.15) is 28.6 Å². The first-order chi connectivity index (χ1) is 12.4. The fraction of sp³-hybridized carbons (Fsp3) is 0.211. The lowest BCUT2D eigenvalue weighted by atomic mass is 10.1. The Labute approximate surface area is 152 Å². The van der Waals surface area contributed by atoms with Crippen LogP contribution in [0.15, 0.2) is 48.5 Å². The van der Waals surface area contributed by atoms with Gasteiger partial charge in [0, 0.05) is 10.4 Å². The molecule has 1 amide bonds. The Kier molecular flexibility index (Phi) is 5.18. The molecule has 0 aliphatic carbocycles. The van der Waals surface area contributed by atoms with Crippen molar-refractivity contribution in [1.29, 1.82) is 0 Å². The molecule has 2 aromatic carbocycles. The minimum atomic E-state index is -4.74. The Balaban J connectivity index is 1.82. The Morgan fingerprint density at radius 2 is 1.81 bits per heavy atom. The molecule has 7 heteroatoms. The summed E-state index contributed by atoms with van der Waals surface area (Å²) in [5, 5.41) is 3.81. The molecule has 3 aromatic rings. The number of halogens is 3. The molecule has 0 saturated heterocycles. The number of aryl methyl sites for hydroxylation is 1. The highest BCUT2D eigenvalue weighted by molar-refractivity contribution is 7.21. The van der Waals surface area contributed by atoms with Gasteiger partial charge in [-0.3, -0.25) is 4.79 Å². The summed E-state index contributed by atoms with van der Waals surface area (Å²) in [4.78, 5) is 13.3. The molecule has 136 valence electrons. The molecule has 1 aromatic heterocycles. The van der Waals surface area contributed by atoms with Crippen molar-refractivity contribution in [2.45, 2.75) is 26.1 Å². The molecule has 0 aliphatic heterocycles. The molecule has 3 nitrogen and oxygen atoms in total. The molecular formula is C19H16F3NO2S. The van der Waals surface area contributed by atoms with Crippen molar-refractivity contribution in [3.63, 3.8) is 0 Å². The number of carbonyl (C=O) groups excluding carboxylic acids is 1. The Morgan fingerprint density at radius 3 is 2.46 bits per heavy atom. The lowest BCUT2D eigenvalue weighted by Gasteiger charge is -2.10. The number of anilines is 1. The van der Waals surface area contributed by atoms with Crippen molar-refractivity contribution in [2.75, 3.05) is 5.32 Å². The van der Waals surface area contributed by atoms with Crippen molar-refractivity contribution in [1.82, 2.24) is 0 Å². The summed E-state index contributed by atoms with van der Waals surface area (Å²) in [7, 11) is 0. The lowest BCUT2D eigenvalue weighted by Crippen LogP contribution is -2.17. The molecule has 1 heterocycles. The maximum atomic E-state index is 12.7. The lowest BCUT2D eigenvalue weighted by molar-refractivity contribution is -0.274. The number of carbonyl (C=O) groups is 1.